The number of primary sulfonamides is 1. The molecule has 0 aromatic heterocycles. The van der Waals surface area contributed by atoms with Crippen molar-refractivity contribution in [2.75, 3.05) is 17.2 Å². The number of sulfonamides is 1. The lowest BCUT2D eigenvalue weighted by molar-refractivity contribution is 0.597. The number of hydrogen-bond acceptors (Lipinski definition) is 4. The standard InChI is InChI=1S/C14H25N3O2S/c1-4-5-6-9-17(11(2)3)14-10-12(20(16,18)19)7-8-13(14)15/h7-8,10-11H,4-6,9,15H2,1-3H3,(H2,16,18,19). The third kappa shape index (κ3) is 4.38. The second-order valence-corrected chi connectivity index (χ2v) is 6.82. The van der Waals surface area contributed by atoms with Crippen molar-refractivity contribution in [3.05, 3.63) is 18.2 Å². The minimum atomic E-state index is -3.71. The van der Waals surface area contributed by atoms with Gasteiger partial charge in [-0.25, -0.2) is 13.6 Å². The molecule has 0 aliphatic carbocycles. The summed E-state index contributed by atoms with van der Waals surface area (Å²) in [5, 5.41) is 5.19. The van der Waals surface area contributed by atoms with Crippen molar-refractivity contribution in [1.29, 1.82) is 0 Å². The molecule has 0 atom stereocenters. The first-order valence-electron chi connectivity index (χ1n) is 6.96. The summed E-state index contributed by atoms with van der Waals surface area (Å²) in [5.74, 6) is 0. The van der Waals surface area contributed by atoms with Crippen molar-refractivity contribution in [3.63, 3.8) is 0 Å². The molecule has 0 unspecified atom stereocenters. The molecule has 0 spiro atoms. The number of hydrogen-bond donors (Lipinski definition) is 2. The van der Waals surface area contributed by atoms with Crippen LogP contribution in [0.5, 0.6) is 0 Å². The molecule has 114 valence electrons. The minimum Gasteiger partial charge on any atom is -0.397 e. The Balaban J connectivity index is 3.12. The molecule has 0 bridgehead atoms. The van der Waals surface area contributed by atoms with Crippen LogP contribution >= 0.6 is 0 Å². The number of unbranched alkanes of at least 4 members (excludes halogenated alkanes) is 2. The van der Waals surface area contributed by atoms with Crippen molar-refractivity contribution in [2.24, 2.45) is 5.14 Å². The van der Waals surface area contributed by atoms with Crippen LogP contribution in [0, 0.1) is 0 Å². The lowest BCUT2D eigenvalue weighted by Crippen LogP contribution is -2.32. The number of anilines is 2. The van der Waals surface area contributed by atoms with Crippen LogP contribution in [0.2, 0.25) is 0 Å². The van der Waals surface area contributed by atoms with Crippen LogP contribution in [0.15, 0.2) is 23.1 Å². The smallest absolute Gasteiger partial charge is 0.238 e. The Morgan fingerprint density at radius 1 is 1.25 bits per heavy atom. The molecule has 20 heavy (non-hydrogen) atoms. The van der Waals surface area contributed by atoms with Gasteiger partial charge in [-0.2, -0.15) is 0 Å². The molecule has 0 radical (unpaired) electrons. The van der Waals surface area contributed by atoms with Crippen molar-refractivity contribution in [1.82, 2.24) is 0 Å². The highest BCUT2D eigenvalue weighted by atomic mass is 32.2. The Labute approximate surface area is 122 Å². The molecule has 0 heterocycles. The maximum Gasteiger partial charge on any atom is 0.238 e. The van der Waals surface area contributed by atoms with Crippen LogP contribution in [0.3, 0.4) is 0 Å². The monoisotopic (exact) mass is 299 g/mol. The van der Waals surface area contributed by atoms with Gasteiger partial charge in [0.1, 0.15) is 0 Å². The van der Waals surface area contributed by atoms with Gasteiger partial charge in [-0.1, -0.05) is 19.8 Å². The first-order chi connectivity index (χ1) is 9.27. The predicted molar refractivity (Wildman–Crippen MR) is 84.2 cm³/mol. The molecule has 1 rings (SSSR count). The molecule has 0 aliphatic heterocycles. The maximum atomic E-state index is 11.5. The second kappa shape index (κ2) is 6.95. The minimum absolute atomic E-state index is 0.0999. The van der Waals surface area contributed by atoms with E-state index in [0.29, 0.717) is 5.69 Å². The fourth-order valence-electron chi connectivity index (χ4n) is 2.14. The zero-order valence-corrected chi connectivity index (χ0v) is 13.3. The van der Waals surface area contributed by atoms with Gasteiger partial charge < -0.3 is 10.6 Å². The summed E-state index contributed by atoms with van der Waals surface area (Å²) < 4.78 is 22.9. The summed E-state index contributed by atoms with van der Waals surface area (Å²) >= 11 is 0. The summed E-state index contributed by atoms with van der Waals surface area (Å²) in [6.07, 6.45) is 3.32. The highest BCUT2D eigenvalue weighted by Gasteiger charge is 2.16. The average Bonchev–Trinajstić information content (AvgIpc) is 2.34. The third-order valence-electron chi connectivity index (χ3n) is 3.27. The Bertz CT molecular complexity index is 541. The Kier molecular flexibility index (Phi) is 5.83. The first-order valence-corrected chi connectivity index (χ1v) is 8.51. The topological polar surface area (TPSA) is 89.4 Å². The normalized spacial score (nSPS) is 11.8. The quantitative estimate of drug-likeness (QED) is 0.597. The van der Waals surface area contributed by atoms with Gasteiger partial charge >= 0.3 is 0 Å². The summed E-state index contributed by atoms with van der Waals surface area (Å²) in [6, 6.07) is 4.85. The number of rotatable bonds is 7. The summed E-state index contributed by atoms with van der Waals surface area (Å²) in [7, 11) is -3.71. The molecule has 0 aliphatic rings. The molecule has 1 aromatic carbocycles. The molecule has 4 N–H and O–H groups in total. The van der Waals surface area contributed by atoms with Crippen LogP contribution in [0.25, 0.3) is 0 Å². The summed E-state index contributed by atoms with van der Waals surface area (Å²) in [6.45, 7) is 7.13. The van der Waals surface area contributed by atoms with E-state index in [2.05, 4.69) is 25.7 Å². The SMILES string of the molecule is CCCCCN(c1cc(S(N)(=O)=O)ccc1N)C(C)C. The van der Waals surface area contributed by atoms with Gasteiger partial charge in [0.05, 0.1) is 16.3 Å². The molecular weight excluding hydrogens is 274 g/mol. The lowest BCUT2D eigenvalue weighted by Gasteiger charge is -2.30. The highest BCUT2D eigenvalue weighted by Crippen LogP contribution is 2.28. The molecule has 6 heteroatoms. The van der Waals surface area contributed by atoms with Gasteiger partial charge in [0, 0.05) is 12.6 Å². The Hall–Kier alpha value is -1.27. The average molecular weight is 299 g/mol. The highest BCUT2D eigenvalue weighted by molar-refractivity contribution is 7.89. The van der Waals surface area contributed by atoms with Crippen molar-refractivity contribution in [3.8, 4) is 0 Å². The number of nitrogens with zero attached hydrogens (tertiary/aromatic N) is 1. The fourth-order valence-corrected chi connectivity index (χ4v) is 2.67. The van der Waals surface area contributed by atoms with Crippen LogP contribution < -0.4 is 15.8 Å². The molecule has 0 saturated carbocycles. The first kappa shape index (κ1) is 16.8. The second-order valence-electron chi connectivity index (χ2n) is 5.26. The van der Waals surface area contributed by atoms with Gasteiger partial charge in [0.2, 0.25) is 10.0 Å². The van der Waals surface area contributed by atoms with E-state index >= 15 is 0 Å². The third-order valence-corrected chi connectivity index (χ3v) is 4.18. The van der Waals surface area contributed by atoms with Gasteiger partial charge in [-0.3, -0.25) is 0 Å². The van der Waals surface area contributed by atoms with Crippen LogP contribution in [-0.4, -0.2) is 21.0 Å². The van der Waals surface area contributed by atoms with E-state index in [-0.39, 0.29) is 10.9 Å². The van der Waals surface area contributed by atoms with Gasteiger partial charge in [0.15, 0.2) is 0 Å². The van der Waals surface area contributed by atoms with Gasteiger partial charge in [-0.15, -0.1) is 0 Å². The molecule has 0 fully saturated rings. The van der Waals surface area contributed by atoms with E-state index in [1.54, 1.807) is 12.1 Å². The predicted octanol–water partition coefficient (Wildman–Crippen LogP) is 2.32. The van der Waals surface area contributed by atoms with Gasteiger partial charge in [0.25, 0.3) is 0 Å². The zero-order chi connectivity index (χ0) is 15.3. The van der Waals surface area contributed by atoms with E-state index in [1.807, 2.05) is 0 Å². The van der Waals surface area contributed by atoms with Gasteiger partial charge in [-0.05, 0) is 38.5 Å². The summed E-state index contributed by atoms with van der Waals surface area (Å²) in [4.78, 5) is 2.22. The van der Waals surface area contributed by atoms with E-state index in [0.717, 1.165) is 31.5 Å². The van der Waals surface area contributed by atoms with E-state index in [9.17, 15) is 8.42 Å². The molecule has 1 aromatic rings. The maximum absolute atomic E-state index is 11.5. The molecule has 5 nitrogen and oxygen atoms in total. The Morgan fingerprint density at radius 3 is 2.40 bits per heavy atom. The van der Waals surface area contributed by atoms with Crippen molar-refractivity contribution >= 4 is 21.4 Å². The van der Waals surface area contributed by atoms with E-state index in [4.69, 9.17) is 10.9 Å². The number of nitrogen functional groups attached to an aromatic ring is 1. The molecule has 0 saturated heterocycles. The molecular formula is C14H25N3O2S. The Morgan fingerprint density at radius 2 is 1.90 bits per heavy atom. The largest absolute Gasteiger partial charge is 0.397 e. The fraction of sp³-hybridized carbons (Fsp3) is 0.571. The van der Waals surface area contributed by atoms with Crippen LogP contribution in [-0.2, 0) is 10.0 Å². The summed E-state index contributed by atoms with van der Waals surface area (Å²) in [5.41, 5.74) is 7.31. The van der Waals surface area contributed by atoms with Crippen molar-refractivity contribution in [2.45, 2.75) is 51.0 Å². The van der Waals surface area contributed by atoms with Crippen molar-refractivity contribution < 1.29 is 8.42 Å². The van der Waals surface area contributed by atoms with Crippen LogP contribution in [0.4, 0.5) is 11.4 Å². The molecule has 0 amide bonds. The number of benzene rings is 1. The van der Waals surface area contributed by atoms with E-state index in [1.165, 1.54) is 6.07 Å². The lowest BCUT2D eigenvalue weighted by atomic mass is 10.1. The van der Waals surface area contributed by atoms with Crippen LogP contribution in [0.1, 0.15) is 40.0 Å². The van der Waals surface area contributed by atoms with E-state index < -0.39 is 10.0 Å². The number of nitrogens with two attached hydrogens (primary N) is 2. The zero-order valence-electron chi connectivity index (χ0n) is 12.5.